The highest BCUT2D eigenvalue weighted by Gasteiger charge is 2.19. The standard InChI is InChI=1S/C13H14N2O4/c1-4-18-13(16)12-14-11(15-19-12)9-6-5-8(2)7-10(9)17-3/h5-7H,4H2,1-3H3. The van der Waals surface area contributed by atoms with Gasteiger partial charge in [-0.1, -0.05) is 11.2 Å². The van der Waals surface area contributed by atoms with Crippen LogP contribution in [0.4, 0.5) is 0 Å². The van der Waals surface area contributed by atoms with Gasteiger partial charge in [-0.3, -0.25) is 0 Å². The molecule has 0 spiro atoms. The fourth-order valence-electron chi connectivity index (χ4n) is 1.59. The van der Waals surface area contributed by atoms with Crippen LogP contribution in [-0.2, 0) is 4.74 Å². The molecular weight excluding hydrogens is 248 g/mol. The molecule has 0 aliphatic rings. The Balaban J connectivity index is 2.35. The molecule has 6 heteroatoms. The van der Waals surface area contributed by atoms with E-state index in [0.717, 1.165) is 5.56 Å². The second-order valence-electron chi connectivity index (χ2n) is 3.85. The Bertz CT molecular complexity index is 592. The summed E-state index contributed by atoms with van der Waals surface area (Å²) < 4.78 is 14.9. The molecule has 100 valence electrons. The molecule has 2 aromatic rings. The maximum Gasteiger partial charge on any atom is 0.397 e. The van der Waals surface area contributed by atoms with Crippen molar-refractivity contribution in [3.63, 3.8) is 0 Å². The lowest BCUT2D eigenvalue weighted by molar-refractivity contribution is 0.0470. The minimum absolute atomic E-state index is 0.167. The van der Waals surface area contributed by atoms with E-state index in [1.165, 1.54) is 0 Å². The molecule has 1 aromatic heterocycles. The lowest BCUT2D eigenvalue weighted by Crippen LogP contribution is -2.04. The first-order chi connectivity index (χ1) is 9.15. The predicted molar refractivity (Wildman–Crippen MR) is 67.0 cm³/mol. The van der Waals surface area contributed by atoms with Crippen LogP contribution in [-0.4, -0.2) is 29.8 Å². The Labute approximate surface area is 110 Å². The van der Waals surface area contributed by atoms with Crippen LogP contribution in [0.25, 0.3) is 11.4 Å². The van der Waals surface area contributed by atoms with E-state index in [-0.39, 0.29) is 12.5 Å². The summed E-state index contributed by atoms with van der Waals surface area (Å²) in [7, 11) is 1.56. The maximum absolute atomic E-state index is 11.4. The third-order valence-corrected chi connectivity index (χ3v) is 2.47. The summed E-state index contributed by atoms with van der Waals surface area (Å²) in [6.07, 6.45) is 0. The summed E-state index contributed by atoms with van der Waals surface area (Å²) in [6.45, 7) is 3.91. The third-order valence-electron chi connectivity index (χ3n) is 2.47. The topological polar surface area (TPSA) is 74.5 Å². The number of hydrogen-bond acceptors (Lipinski definition) is 6. The van der Waals surface area contributed by atoms with Gasteiger partial charge in [-0.25, -0.2) is 4.79 Å². The Morgan fingerprint density at radius 1 is 1.42 bits per heavy atom. The Kier molecular flexibility index (Phi) is 3.79. The quantitative estimate of drug-likeness (QED) is 0.786. The van der Waals surface area contributed by atoms with E-state index in [4.69, 9.17) is 14.0 Å². The molecule has 0 aliphatic heterocycles. The highest BCUT2D eigenvalue weighted by atomic mass is 16.6. The van der Waals surface area contributed by atoms with Crippen molar-refractivity contribution in [3.05, 3.63) is 29.7 Å². The SMILES string of the molecule is CCOC(=O)c1nc(-c2ccc(C)cc2OC)no1. The summed E-state index contributed by atoms with van der Waals surface area (Å²) in [5.41, 5.74) is 1.71. The molecule has 19 heavy (non-hydrogen) atoms. The Morgan fingerprint density at radius 3 is 2.89 bits per heavy atom. The van der Waals surface area contributed by atoms with Crippen molar-refractivity contribution in [1.82, 2.24) is 10.1 Å². The number of benzene rings is 1. The first kappa shape index (κ1) is 13.1. The number of carbonyl (C=O) groups excluding carboxylic acids is 1. The highest BCUT2D eigenvalue weighted by Crippen LogP contribution is 2.28. The monoisotopic (exact) mass is 262 g/mol. The van der Waals surface area contributed by atoms with E-state index in [2.05, 4.69) is 10.1 Å². The summed E-state index contributed by atoms with van der Waals surface area (Å²) in [5, 5.41) is 3.76. The van der Waals surface area contributed by atoms with Crippen molar-refractivity contribution in [2.45, 2.75) is 13.8 Å². The van der Waals surface area contributed by atoms with Gasteiger partial charge in [0.1, 0.15) is 5.75 Å². The molecular formula is C13H14N2O4. The zero-order valence-corrected chi connectivity index (χ0v) is 11.0. The highest BCUT2D eigenvalue weighted by molar-refractivity contribution is 5.84. The van der Waals surface area contributed by atoms with Gasteiger partial charge in [0, 0.05) is 0 Å². The van der Waals surface area contributed by atoms with Gasteiger partial charge in [-0.05, 0) is 31.5 Å². The fraction of sp³-hybridized carbons (Fsp3) is 0.308. The van der Waals surface area contributed by atoms with Crippen molar-refractivity contribution in [2.75, 3.05) is 13.7 Å². The zero-order valence-electron chi connectivity index (χ0n) is 11.0. The molecule has 0 bridgehead atoms. The van der Waals surface area contributed by atoms with Crippen LogP contribution in [0.15, 0.2) is 22.7 Å². The first-order valence-corrected chi connectivity index (χ1v) is 5.81. The lowest BCUT2D eigenvalue weighted by Gasteiger charge is -2.05. The summed E-state index contributed by atoms with van der Waals surface area (Å²) >= 11 is 0. The molecule has 0 saturated carbocycles. The molecule has 0 atom stereocenters. The largest absolute Gasteiger partial charge is 0.496 e. The van der Waals surface area contributed by atoms with Crippen LogP contribution < -0.4 is 4.74 Å². The Morgan fingerprint density at radius 2 is 2.21 bits per heavy atom. The first-order valence-electron chi connectivity index (χ1n) is 5.81. The Hall–Kier alpha value is -2.37. The smallest absolute Gasteiger partial charge is 0.397 e. The number of carbonyl (C=O) groups is 1. The molecule has 0 saturated heterocycles. The third kappa shape index (κ3) is 2.73. The van der Waals surface area contributed by atoms with Gasteiger partial charge in [-0.15, -0.1) is 0 Å². The van der Waals surface area contributed by atoms with Crippen LogP contribution in [0.2, 0.25) is 0 Å². The van der Waals surface area contributed by atoms with Gasteiger partial charge in [0.15, 0.2) is 0 Å². The normalized spacial score (nSPS) is 10.3. The molecule has 1 heterocycles. The van der Waals surface area contributed by atoms with Gasteiger partial charge < -0.3 is 14.0 Å². The van der Waals surface area contributed by atoms with Gasteiger partial charge in [0.2, 0.25) is 5.82 Å². The van der Waals surface area contributed by atoms with E-state index in [0.29, 0.717) is 17.1 Å². The molecule has 0 amide bonds. The number of rotatable bonds is 4. The number of esters is 1. The lowest BCUT2D eigenvalue weighted by atomic mass is 10.1. The van der Waals surface area contributed by atoms with Crippen molar-refractivity contribution in [1.29, 1.82) is 0 Å². The van der Waals surface area contributed by atoms with E-state index < -0.39 is 5.97 Å². The molecule has 0 aliphatic carbocycles. The maximum atomic E-state index is 11.4. The predicted octanol–water partition coefficient (Wildman–Crippen LogP) is 2.23. The van der Waals surface area contributed by atoms with Crippen molar-refractivity contribution >= 4 is 5.97 Å². The number of aromatic nitrogens is 2. The summed E-state index contributed by atoms with van der Waals surface area (Å²) in [6, 6.07) is 5.57. The van der Waals surface area contributed by atoms with E-state index >= 15 is 0 Å². The second kappa shape index (κ2) is 5.51. The average Bonchev–Trinajstić information content (AvgIpc) is 2.88. The second-order valence-corrected chi connectivity index (χ2v) is 3.85. The van der Waals surface area contributed by atoms with E-state index in [1.807, 2.05) is 25.1 Å². The number of ether oxygens (including phenoxy) is 2. The zero-order chi connectivity index (χ0) is 13.8. The van der Waals surface area contributed by atoms with Gasteiger partial charge in [0.05, 0.1) is 19.3 Å². The summed E-state index contributed by atoms with van der Waals surface area (Å²) in [4.78, 5) is 15.5. The van der Waals surface area contributed by atoms with Crippen molar-refractivity contribution in [3.8, 4) is 17.1 Å². The number of hydrogen-bond donors (Lipinski definition) is 0. The van der Waals surface area contributed by atoms with Crippen LogP contribution in [0, 0.1) is 6.92 Å². The average molecular weight is 262 g/mol. The molecule has 0 N–H and O–H groups in total. The minimum atomic E-state index is -0.632. The summed E-state index contributed by atoms with van der Waals surface area (Å²) in [5.74, 6) is 0.114. The van der Waals surface area contributed by atoms with Gasteiger partial charge in [0.25, 0.3) is 0 Å². The fourth-order valence-corrected chi connectivity index (χ4v) is 1.59. The van der Waals surface area contributed by atoms with Crippen LogP contribution in [0.3, 0.4) is 0 Å². The molecule has 1 aromatic carbocycles. The molecule has 0 fully saturated rings. The molecule has 0 unspecified atom stereocenters. The van der Waals surface area contributed by atoms with Crippen LogP contribution in [0.1, 0.15) is 23.2 Å². The molecule has 0 radical (unpaired) electrons. The van der Waals surface area contributed by atoms with E-state index in [9.17, 15) is 4.79 Å². The van der Waals surface area contributed by atoms with E-state index in [1.54, 1.807) is 14.0 Å². The molecule has 2 rings (SSSR count). The van der Waals surface area contributed by atoms with Crippen molar-refractivity contribution < 1.29 is 18.8 Å². The number of nitrogens with zero attached hydrogens (tertiary/aromatic N) is 2. The number of methoxy groups -OCH3 is 1. The molecule has 6 nitrogen and oxygen atoms in total. The minimum Gasteiger partial charge on any atom is -0.496 e. The van der Waals surface area contributed by atoms with Crippen LogP contribution >= 0.6 is 0 Å². The van der Waals surface area contributed by atoms with Gasteiger partial charge in [-0.2, -0.15) is 4.98 Å². The number of aryl methyl sites for hydroxylation is 1. The van der Waals surface area contributed by atoms with Gasteiger partial charge >= 0.3 is 11.9 Å². The van der Waals surface area contributed by atoms with Crippen LogP contribution in [0.5, 0.6) is 5.75 Å². The van der Waals surface area contributed by atoms with Crippen molar-refractivity contribution in [2.24, 2.45) is 0 Å².